The zero-order valence-electron chi connectivity index (χ0n) is 20.8. The molecule has 2 aromatic heterocycles. The number of benzene rings is 3. The normalized spacial score (nSPS) is 11.7. The molecule has 0 saturated heterocycles. The van der Waals surface area contributed by atoms with Crippen LogP contribution in [-0.4, -0.2) is 23.1 Å². The summed E-state index contributed by atoms with van der Waals surface area (Å²) in [4.78, 5) is 36.2. The fourth-order valence-electron chi connectivity index (χ4n) is 5.11. The van der Waals surface area contributed by atoms with Crippen molar-refractivity contribution in [1.82, 2.24) is 9.97 Å². The first-order chi connectivity index (χ1) is 17.0. The number of nitrogens with one attached hydrogen (secondary N) is 2. The molecule has 5 aromatic rings. The summed E-state index contributed by atoms with van der Waals surface area (Å²) in [6, 6.07) is 15.4. The Morgan fingerprint density at radius 3 is 1.83 bits per heavy atom. The number of para-hydroxylation sites is 1. The Labute approximate surface area is 204 Å². The summed E-state index contributed by atoms with van der Waals surface area (Å²) >= 11 is 0. The lowest BCUT2D eigenvalue weighted by atomic mass is 10.0. The monoisotopic (exact) mass is 467 g/mol. The van der Waals surface area contributed by atoms with Gasteiger partial charge in [-0.05, 0) is 61.2 Å². The number of hydrogen-bond acceptors (Lipinski definition) is 3. The average Bonchev–Trinajstić information content (AvgIpc) is 2.88. The number of unbranched alkanes of at least 4 members (excludes halogenated alkanes) is 2. The standard InChI is InChI=1S/C30H33N3O2/c1-4-7-13-33(14-8-5-2)28-18-27-21(15-19(28)6-3)30(35)23-17-25-22(16-26(23)32-27)29(34)20-11-9-10-12-24(20)31-25/h9-12,15-18H,4-8,13-14H2,1-3H3,(H,31,34)(H,32,35). The number of H-pyrrole nitrogens is 2. The lowest BCUT2D eigenvalue weighted by molar-refractivity contribution is 0.676. The van der Waals surface area contributed by atoms with Crippen LogP contribution in [0.1, 0.15) is 52.0 Å². The third-order valence-electron chi connectivity index (χ3n) is 7.11. The topological polar surface area (TPSA) is 69.0 Å². The summed E-state index contributed by atoms with van der Waals surface area (Å²) in [6.45, 7) is 8.62. The minimum Gasteiger partial charge on any atom is -0.371 e. The van der Waals surface area contributed by atoms with Gasteiger partial charge in [-0.2, -0.15) is 0 Å². The molecule has 0 aliphatic heterocycles. The van der Waals surface area contributed by atoms with Crippen molar-refractivity contribution in [3.63, 3.8) is 0 Å². The van der Waals surface area contributed by atoms with Crippen molar-refractivity contribution in [1.29, 1.82) is 0 Å². The van der Waals surface area contributed by atoms with E-state index in [1.165, 1.54) is 11.3 Å². The van der Waals surface area contributed by atoms with Gasteiger partial charge in [0.1, 0.15) is 0 Å². The van der Waals surface area contributed by atoms with Gasteiger partial charge in [0.25, 0.3) is 0 Å². The molecule has 0 spiro atoms. The van der Waals surface area contributed by atoms with Crippen molar-refractivity contribution in [3.05, 3.63) is 74.5 Å². The van der Waals surface area contributed by atoms with Crippen molar-refractivity contribution >= 4 is 49.3 Å². The number of anilines is 1. The lowest BCUT2D eigenvalue weighted by Crippen LogP contribution is -2.27. The summed E-state index contributed by atoms with van der Waals surface area (Å²) < 4.78 is 0. The molecule has 3 aromatic carbocycles. The van der Waals surface area contributed by atoms with Crippen molar-refractivity contribution < 1.29 is 0 Å². The van der Waals surface area contributed by atoms with E-state index in [0.717, 1.165) is 56.2 Å². The first-order valence-electron chi connectivity index (χ1n) is 12.9. The Kier molecular flexibility index (Phi) is 6.33. The largest absolute Gasteiger partial charge is 0.371 e. The van der Waals surface area contributed by atoms with E-state index in [-0.39, 0.29) is 10.9 Å². The van der Waals surface area contributed by atoms with E-state index in [0.29, 0.717) is 32.6 Å². The molecule has 0 unspecified atom stereocenters. The maximum atomic E-state index is 13.6. The summed E-state index contributed by atoms with van der Waals surface area (Å²) in [5, 5.41) is 2.54. The lowest BCUT2D eigenvalue weighted by Gasteiger charge is -2.27. The molecule has 5 heteroatoms. The fourth-order valence-corrected chi connectivity index (χ4v) is 5.11. The van der Waals surface area contributed by atoms with Crippen molar-refractivity contribution in [2.24, 2.45) is 0 Å². The van der Waals surface area contributed by atoms with Crippen LogP contribution in [0.25, 0.3) is 43.6 Å². The first kappa shape index (κ1) is 23.2. The number of aromatic amines is 2. The van der Waals surface area contributed by atoms with Gasteiger partial charge in [-0.15, -0.1) is 0 Å². The van der Waals surface area contributed by atoms with Crippen LogP contribution < -0.4 is 15.8 Å². The van der Waals surface area contributed by atoms with E-state index in [9.17, 15) is 9.59 Å². The van der Waals surface area contributed by atoms with Gasteiger partial charge in [0.15, 0.2) is 10.9 Å². The smallest absolute Gasteiger partial charge is 0.197 e. The number of pyridine rings is 2. The van der Waals surface area contributed by atoms with Crippen LogP contribution in [0.3, 0.4) is 0 Å². The van der Waals surface area contributed by atoms with Crippen LogP contribution in [0, 0.1) is 0 Å². The Morgan fingerprint density at radius 1 is 0.657 bits per heavy atom. The Hall–Kier alpha value is -3.60. The van der Waals surface area contributed by atoms with Crippen molar-refractivity contribution in [3.8, 4) is 0 Å². The second-order valence-corrected chi connectivity index (χ2v) is 9.47. The molecule has 5 nitrogen and oxygen atoms in total. The number of rotatable bonds is 8. The Bertz CT molecular complexity index is 1650. The van der Waals surface area contributed by atoms with Gasteiger partial charge in [0, 0.05) is 45.8 Å². The predicted molar refractivity (Wildman–Crippen MR) is 149 cm³/mol. The highest BCUT2D eigenvalue weighted by molar-refractivity contribution is 6.03. The van der Waals surface area contributed by atoms with Gasteiger partial charge < -0.3 is 14.9 Å². The molecule has 0 radical (unpaired) electrons. The summed E-state index contributed by atoms with van der Waals surface area (Å²) in [5.41, 5.74) is 5.37. The van der Waals surface area contributed by atoms with E-state index in [2.05, 4.69) is 47.8 Å². The van der Waals surface area contributed by atoms with Gasteiger partial charge in [-0.25, -0.2) is 0 Å². The number of hydrogen-bond donors (Lipinski definition) is 2. The molecule has 0 aliphatic carbocycles. The maximum Gasteiger partial charge on any atom is 0.197 e. The number of nitrogens with zero attached hydrogens (tertiary/aromatic N) is 1. The number of fused-ring (bicyclic) bond motifs is 4. The van der Waals surface area contributed by atoms with E-state index in [1.807, 2.05) is 36.4 Å². The van der Waals surface area contributed by atoms with Gasteiger partial charge >= 0.3 is 0 Å². The molecule has 0 aliphatic rings. The molecule has 0 bridgehead atoms. The highest BCUT2D eigenvalue weighted by Gasteiger charge is 2.16. The SMILES string of the molecule is CCCCN(CCCC)c1cc2[nH]c3cc4c(=O)c5ccccc5[nH]c4cc3c(=O)c2cc1CC. The minimum absolute atomic E-state index is 0.000394. The second kappa shape index (κ2) is 9.57. The number of aryl methyl sites for hydroxylation is 1. The molecule has 5 rings (SSSR count). The quantitative estimate of drug-likeness (QED) is 0.251. The van der Waals surface area contributed by atoms with E-state index in [1.54, 1.807) is 0 Å². The fraction of sp³-hybridized carbons (Fsp3) is 0.333. The molecule has 2 heterocycles. The van der Waals surface area contributed by atoms with Crippen LogP contribution >= 0.6 is 0 Å². The van der Waals surface area contributed by atoms with E-state index < -0.39 is 0 Å². The zero-order chi connectivity index (χ0) is 24.5. The van der Waals surface area contributed by atoms with Gasteiger partial charge in [0.2, 0.25) is 0 Å². The first-order valence-corrected chi connectivity index (χ1v) is 12.9. The summed E-state index contributed by atoms with van der Waals surface area (Å²) in [5.74, 6) is 0. The van der Waals surface area contributed by atoms with Crippen molar-refractivity contribution in [2.75, 3.05) is 18.0 Å². The van der Waals surface area contributed by atoms with E-state index >= 15 is 0 Å². The molecule has 0 atom stereocenters. The maximum absolute atomic E-state index is 13.6. The molecule has 2 N–H and O–H groups in total. The van der Waals surface area contributed by atoms with Gasteiger partial charge in [0.05, 0.1) is 16.6 Å². The molecule has 35 heavy (non-hydrogen) atoms. The van der Waals surface area contributed by atoms with Crippen molar-refractivity contribution in [2.45, 2.75) is 52.9 Å². The van der Waals surface area contributed by atoms with Crippen LogP contribution in [0.15, 0.2) is 58.1 Å². The summed E-state index contributed by atoms with van der Waals surface area (Å²) in [7, 11) is 0. The predicted octanol–water partition coefficient (Wildman–Crippen LogP) is 6.65. The minimum atomic E-state index is -0.0236. The van der Waals surface area contributed by atoms with E-state index in [4.69, 9.17) is 0 Å². The third kappa shape index (κ3) is 4.09. The van der Waals surface area contributed by atoms with Crippen LogP contribution in [0.5, 0.6) is 0 Å². The third-order valence-corrected chi connectivity index (χ3v) is 7.11. The molecule has 0 fully saturated rings. The Balaban J connectivity index is 1.76. The highest BCUT2D eigenvalue weighted by atomic mass is 16.1. The molecule has 0 saturated carbocycles. The molecule has 180 valence electrons. The average molecular weight is 468 g/mol. The zero-order valence-corrected chi connectivity index (χ0v) is 20.8. The highest BCUT2D eigenvalue weighted by Crippen LogP contribution is 2.29. The van der Waals surface area contributed by atoms with Crippen LogP contribution in [-0.2, 0) is 6.42 Å². The van der Waals surface area contributed by atoms with Crippen LogP contribution in [0.2, 0.25) is 0 Å². The second-order valence-electron chi connectivity index (χ2n) is 9.47. The van der Waals surface area contributed by atoms with Gasteiger partial charge in [-0.1, -0.05) is 45.7 Å². The molecular formula is C30H33N3O2. The number of aromatic nitrogens is 2. The summed E-state index contributed by atoms with van der Waals surface area (Å²) in [6.07, 6.45) is 5.45. The Morgan fingerprint density at radius 2 is 1.20 bits per heavy atom. The van der Waals surface area contributed by atoms with Gasteiger partial charge in [-0.3, -0.25) is 9.59 Å². The molecule has 0 amide bonds. The molecular weight excluding hydrogens is 434 g/mol. The van der Waals surface area contributed by atoms with Crippen LogP contribution in [0.4, 0.5) is 5.69 Å².